The number of benzene rings is 2. The molecule has 0 unspecified atom stereocenters. The fourth-order valence-corrected chi connectivity index (χ4v) is 3.04. The molecule has 1 amide bonds. The zero-order chi connectivity index (χ0) is 22.9. The predicted octanol–water partition coefficient (Wildman–Crippen LogP) is 3.02. The molecule has 32 heavy (non-hydrogen) atoms. The van der Waals surface area contributed by atoms with Gasteiger partial charge in [-0.2, -0.15) is 0 Å². The molecule has 1 heterocycles. The Kier molecular flexibility index (Phi) is 7.99. The lowest BCUT2D eigenvalue weighted by Gasteiger charge is -2.13. The minimum absolute atomic E-state index is 0.0461. The molecule has 0 aliphatic rings. The van der Waals surface area contributed by atoms with Gasteiger partial charge >= 0.3 is 0 Å². The van der Waals surface area contributed by atoms with Crippen molar-refractivity contribution >= 4 is 17.6 Å². The number of guanidine groups is 1. The number of hydrogen-bond acceptors (Lipinski definition) is 5. The molecule has 1 aromatic heterocycles. The lowest BCUT2D eigenvalue weighted by molar-refractivity contribution is -0.116. The van der Waals surface area contributed by atoms with E-state index >= 15 is 0 Å². The minimum atomic E-state index is -0.0461. The van der Waals surface area contributed by atoms with E-state index in [4.69, 9.17) is 4.42 Å². The highest BCUT2D eigenvalue weighted by atomic mass is 16.3. The molecule has 2 aromatic carbocycles. The van der Waals surface area contributed by atoms with E-state index in [1.807, 2.05) is 74.4 Å². The standard InChI is InChI=1S/C24H30N6O2/c1-17-8-10-19(11-9-17)23-29-21(16-32-23)14-27-24(25-2)26-13-18-6-5-7-20(12-18)28-22(31)15-30(3)4/h5-12,16H,13-15H2,1-4H3,(H,28,31)(H2,25,26,27). The first-order valence-corrected chi connectivity index (χ1v) is 10.4. The van der Waals surface area contributed by atoms with Gasteiger partial charge in [0.2, 0.25) is 11.8 Å². The van der Waals surface area contributed by atoms with Gasteiger partial charge in [0.25, 0.3) is 0 Å². The predicted molar refractivity (Wildman–Crippen MR) is 127 cm³/mol. The Labute approximate surface area is 188 Å². The lowest BCUT2D eigenvalue weighted by atomic mass is 10.1. The van der Waals surface area contributed by atoms with Gasteiger partial charge < -0.3 is 25.3 Å². The normalized spacial score (nSPS) is 11.5. The number of carbonyl (C=O) groups excluding carboxylic acids is 1. The number of anilines is 1. The number of aromatic nitrogens is 1. The summed E-state index contributed by atoms with van der Waals surface area (Å²) < 4.78 is 5.61. The second-order valence-electron chi connectivity index (χ2n) is 7.78. The fourth-order valence-electron chi connectivity index (χ4n) is 3.04. The van der Waals surface area contributed by atoms with Crippen LogP contribution in [0.2, 0.25) is 0 Å². The van der Waals surface area contributed by atoms with E-state index in [2.05, 4.69) is 25.9 Å². The average molecular weight is 435 g/mol. The Bertz CT molecular complexity index is 1060. The molecule has 0 aliphatic carbocycles. The third-order valence-electron chi connectivity index (χ3n) is 4.64. The van der Waals surface area contributed by atoms with Crippen LogP contribution in [0.4, 0.5) is 5.69 Å². The van der Waals surface area contributed by atoms with Crippen molar-refractivity contribution in [1.82, 2.24) is 20.5 Å². The number of carbonyl (C=O) groups is 1. The fraction of sp³-hybridized carbons (Fsp3) is 0.292. The van der Waals surface area contributed by atoms with Gasteiger partial charge in [0.15, 0.2) is 5.96 Å². The van der Waals surface area contributed by atoms with Crippen LogP contribution in [-0.2, 0) is 17.9 Å². The van der Waals surface area contributed by atoms with Crippen molar-refractivity contribution in [2.75, 3.05) is 33.0 Å². The van der Waals surface area contributed by atoms with Crippen LogP contribution < -0.4 is 16.0 Å². The van der Waals surface area contributed by atoms with Crippen molar-refractivity contribution in [3.05, 3.63) is 71.6 Å². The number of rotatable bonds is 8. The summed E-state index contributed by atoms with van der Waals surface area (Å²) in [6, 6.07) is 15.8. The lowest BCUT2D eigenvalue weighted by Crippen LogP contribution is -2.36. The van der Waals surface area contributed by atoms with Crippen LogP contribution in [0.25, 0.3) is 11.5 Å². The maximum atomic E-state index is 12.0. The Morgan fingerprint density at radius 1 is 1.09 bits per heavy atom. The first-order chi connectivity index (χ1) is 15.4. The smallest absolute Gasteiger partial charge is 0.238 e. The van der Waals surface area contributed by atoms with Crippen molar-refractivity contribution in [3.8, 4) is 11.5 Å². The summed E-state index contributed by atoms with van der Waals surface area (Å²) >= 11 is 0. The SMILES string of the molecule is CN=C(NCc1cccc(NC(=O)CN(C)C)c1)NCc1coc(-c2ccc(C)cc2)n1. The number of oxazole rings is 1. The van der Waals surface area contributed by atoms with Crippen molar-refractivity contribution in [2.45, 2.75) is 20.0 Å². The van der Waals surface area contributed by atoms with Crippen LogP contribution in [0.3, 0.4) is 0 Å². The number of nitrogens with one attached hydrogen (secondary N) is 3. The molecule has 8 heteroatoms. The maximum absolute atomic E-state index is 12.0. The second kappa shape index (κ2) is 11.1. The third kappa shape index (κ3) is 6.95. The topological polar surface area (TPSA) is 94.8 Å². The molecule has 0 saturated heterocycles. The van der Waals surface area contributed by atoms with Gasteiger partial charge in [0.05, 0.1) is 18.8 Å². The van der Waals surface area contributed by atoms with E-state index in [1.54, 1.807) is 13.3 Å². The zero-order valence-electron chi connectivity index (χ0n) is 19.0. The molecule has 0 aliphatic heterocycles. The van der Waals surface area contributed by atoms with E-state index in [1.165, 1.54) is 5.56 Å². The zero-order valence-corrected chi connectivity index (χ0v) is 19.0. The molecule has 0 saturated carbocycles. The molecule has 168 valence electrons. The molecule has 3 N–H and O–H groups in total. The summed E-state index contributed by atoms with van der Waals surface area (Å²) in [6.45, 7) is 3.43. The van der Waals surface area contributed by atoms with Gasteiger partial charge in [-0.05, 0) is 50.8 Å². The molecule has 0 spiro atoms. The summed E-state index contributed by atoms with van der Waals surface area (Å²) in [5.74, 6) is 1.19. The molecule has 3 rings (SSSR count). The van der Waals surface area contributed by atoms with Gasteiger partial charge in [0.1, 0.15) is 6.26 Å². The van der Waals surface area contributed by atoms with Crippen LogP contribution in [0.5, 0.6) is 0 Å². The van der Waals surface area contributed by atoms with E-state index in [9.17, 15) is 4.79 Å². The van der Waals surface area contributed by atoms with Crippen molar-refractivity contribution in [3.63, 3.8) is 0 Å². The van der Waals surface area contributed by atoms with Gasteiger partial charge in [-0.1, -0.05) is 29.8 Å². The van der Waals surface area contributed by atoms with Crippen molar-refractivity contribution in [1.29, 1.82) is 0 Å². The highest BCUT2D eigenvalue weighted by Gasteiger charge is 2.08. The van der Waals surface area contributed by atoms with E-state index in [0.717, 1.165) is 22.5 Å². The van der Waals surface area contributed by atoms with Crippen LogP contribution in [-0.4, -0.2) is 49.4 Å². The van der Waals surface area contributed by atoms with Crippen molar-refractivity contribution < 1.29 is 9.21 Å². The summed E-state index contributed by atoms with van der Waals surface area (Å²) in [5.41, 5.74) is 4.72. The van der Waals surface area contributed by atoms with E-state index in [0.29, 0.717) is 31.5 Å². The number of likely N-dealkylation sites (N-methyl/N-ethyl adjacent to an activating group) is 1. The molecule has 3 aromatic rings. The van der Waals surface area contributed by atoms with E-state index < -0.39 is 0 Å². The van der Waals surface area contributed by atoms with Crippen LogP contribution in [0, 0.1) is 6.92 Å². The molecule has 0 bridgehead atoms. The minimum Gasteiger partial charge on any atom is -0.444 e. The number of hydrogen-bond donors (Lipinski definition) is 3. The Morgan fingerprint density at radius 3 is 2.56 bits per heavy atom. The number of aliphatic imine (C=N–C) groups is 1. The first-order valence-electron chi connectivity index (χ1n) is 10.4. The monoisotopic (exact) mass is 434 g/mol. The summed E-state index contributed by atoms with van der Waals surface area (Å²) in [7, 11) is 5.44. The Hall–Kier alpha value is -3.65. The Morgan fingerprint density at radius 2 is 1.84 bits per heavy atom. The van der Waals surface area contributed by atoms with E-state index in [-0.39, 0.29) is 5.91 Å². The summed E-state index contributed by atoms with van der Waals surface area (Å²) in [5, 5.41) is 9.42. The quantitative estimate of drug-likeness (QED) is 0.373. The third-order valence-corrected chi connectivity index (χ3v) is 4.64. The largest absolute Gasteiger partial charge is 0.444 e. The Balaban J connectivity index is 1.51. The molecule has 0 radical (unpaired) electrons. The molecular weight excluding hydrogens is 404 g/mol. The van der Waals surface area contributed by atoms with Crippen LogP contribution in [0.15, 0.2) is 64.2 Å². The van der Waals surface area contributed by atoms with Gasteiger partial charge in [0, 0.05) is 24.8 Å². The molecule has 0 atom stereocenters. The number of aryl methyl sites for hydroxylation is 1. The second-order valence-corrected chi connectivity index (χ2v) is 7.78. The van der Waals surface area contributed by atoms with Crippen LogP contribution in [0.1, 0.15) is 16.8 Å². The highest BCUT2D eigenvalue weighted by Crippen LogP contribution is 2.19. The van der Waals surface area contributed by atoms with Gasteiger partial charge in [-0.15, -0.1) is 0 Å². The highest BCUT2D eigenvalue weighted by molar-refractivity contribution is 5.92. The summed E-state index contributed by atoms with van der Waals surface area (Å²) in [6.07, 6.45) is 1.65. The maximum Gasteiger partial charge on any atom is 0.238 e. The molecule has 0 fully saturated rings. The van der Waals surface area contributed by atoms with Gasteiger partial charge in [-0.25, -0.2) is 4.98 Å². The van der Waals surface area contributed by atoms with Crippen LogP contribution >= 0.6 is 0 Å². The number of nitrogens with zero attached hydrogens (tertiary/aromatic N) is 3. The van der Waals surface area contributed by atoms with Crippen molar-refractivity contribution in [2.24, 2.45) is 4.99 Å². The molecule has 8 nitrogen and oxygen atoms in total. The van der Waals surface area contributed by atoms with Gasteiger partial charge in [-0.3, -0.25) is 9.79 Å². The first kappa shape index (κ1) is 23.0. The molecular formula is C24H30N6O2. The average Bonchev–Trinajstić information content (AvgIpc) is 3.23. The summed E-state index contributed by atoms with van der Waals surface area (Å²) in [4.78, 5) is 22.6. The number of amides is 1.